The SMILES string of the molecule is COC1OC(COC(=O)c2ccccc2)C(O)[C@H](OC(=O)c2ccccc2)[C@H]1N1C(=O)c2ccccc2C1=O. The van der Waals surface area contributed by atoms with Crippen molar-refractivity contribution in [2.75, 3.05) is 13.7 Å². The molecule has 0 aliphatic carbocycles. The number of esters is 2. The van der Waals surface area contributed by atoms with Crippen LogP contribution < -0.4 is 0 Å². The molecule has 200 valence electrons. The highest BCUT2D eigenvalue weighted by molar-refractivity contribution is 6.21. The number of imide groups is 1. The summed E-state index contributed by atoms with van der Waals surface area (Å²) in [5, 5.41) is 11.3. The predicted octanol–water partition coefficient (Wildman–Crippen LogP) is 2.47. The Morgan fingerprint density at radius 2 is 1.33 bits per heavy atom. The van der Waals surface area contributed by atoms with Crippen LogP contribution in [0.5, 0.6) is 0 Å². The van der Waals surface area contributed by atoms with Gasteiger partial charge in [0, 0.05) is 7.11 Å². The van der Waals surface area contributed by atoms with Crippen molar-refractivity contribution in [3.63, 3.8) is 0 Å². The molecule has 2 heterocycles. The van der Waals surface area contributed by atoms with Crippen LogP contribution >= 0.6 is 0 Å². The van der Waals surface area contributed by atoms with E-state index < -0.39 is 61.0 Å². The van der Waals surface area contributed by atoms with E-state index in [1.807, 2.05) is 0 Å². The van der Waals surface area contributed by atoms with Gasteiger partial charge in [-0.2, -0.15) is 0 Å². The summed E-state index contributed by atoms with van der Waals surface area (Å²) in [6.45, 7) is -0.414. The molecule has 1 saturated heterocycles. The smallest absolute Gasteiger partial charge is 0.338 e. The average molecular weight is 532 g/mol. The molecule has 1 fully saturated rings. The number of aliphatic hydroxyl groups is 1. The first kappa shape index (κ1) is 26.2. The number of amides is 2. The molecule has 3 aromatic rings. The first-order valence-corrected chi connectivity index (χ1v) is 12.2. The highest BCUT2D eigenvalue weighted by atomic mass is 16.7. The third-order valence-electron chi connectivity index (χ3n) is 6.64. The maximum atomic E-state index is 13.3. The summed E-state index contributed by atoms with van der Waals surface area (Å²) in [5.41, 5.74) is 0.818. The Morgan fingerprint density at radius 1 is 0.821 bits per heavy atom. The van der Waals surface area contributed by atoms with E-state index in [1.165, 1.54) is 31.4 Å². The first-order chi connectivity index (χ1) is 18.9. The summed E-state index contributed by atoms with van der Waals surface area (Å²) in [6, 6.07) is 21.2. The van der Waals surface area contributed by atoms with Crippen molar-refractivity contribution >= 4 is 23.8 Å². The van der Waals surface area contributed by atoms with Gasteiger partial charge in [0.05, 0.1) is 22.3 Å². The maximum absolute atomic E-state index is 13.3. The number of carbonyl (C=O) groups excluding carboxylic acids is 4. The van der Waals surface area contributed by atoms with Gasteiger partial charge >= 0.3 is 11.9 Å². The van der Waals surface area contributed by atoms with E-state index in [9.17, 15) is 24.3 Å². The zero-order valence-electron chi connectivity index (χ0n) is 20.8. The molecule has 10 heteroatoms. The molecule has 10 nitrogen and oxygen atoms in total. The van der Waals surface area contributed by atoms with E-state index in [-0.39, 0.29) is 16.7 Å². The summed E-state index contributed by atoms with van der Waals surface area (Å²) < 4.78 is 22.5. The van der Waals surface area contributed by atoms with Crippen molar-refractivity contribution in [2.45, 2.75) is 30.6 Å². The van der Waals surface area contributed by atoms with Gasteiger partial charge in [-0.15, -0.1) is 0 Å². The average Bonchev–Trinajstić information content (AvgIpc) is 3.23. The number of fused-ring (bicyclic) bond motifs is 1. The third kappa shape index (κ3) is 5.05. The number of hydrogen-bond acceptors (Lipinski definition) is 9. The fraction of sp³-hybridized carbons (Fsp3) is 0.241. The van der Waals surface area contributed by atoms with Crippen LogP contribution in [0.1, 0.15) is 41.4 Å². The van der Waals surface area contributed by atoms with E-state index in [4.69, 9.17) is 18.9 Å². The molecule has 5 atom stereocenters. The highest BCUT2D eigenvalue weighted by Crippen LogP contribution is 2.34. The van der Waals surface area contributed by atoms with E-state index in [1.54, 1.807) is 60.7 Å². The molecule has 2 aliphatic rings. The highest BCUT2D eigenvalue weighted by Gasteiger charge is 2.55. The second-order valence-electron chi connectivity index (χ2n) is 8.99. The molecule has 0 spiro atoms. The van der Waals surface area contributed by atoms with E-state index >= 15 is 0 Å². The second kappa shape index (κ2) is 11.2. The van der Waals surface area contributed by atoms with E-state index in [2.05, 4.69) is 0 Å². The lowest BCUT2D eigenvalue weighted by Crippen LogP contribution is -2.66. The minimum Gasteiger partial charge on any atom is -0.459 e. The van der Waals surface area contributed by atoms with Crippen molar-refractivity contribution in [1.29, 1.82) is 0 Å². The lowest BCUT2D eigenvalue weighted by atomic mass is 9.95. The molecule has 2 aliphatic heterocycles. The molecule has 39 heavy (non-hydrogen) atoms. The van der Waals surface area contributed by atoms with Gasteiger partial charge in [-0.05, 0) is 36.4 Å². The van der Waals surface area contributed by atoms with E-state index in [0.29, 0.717) is 5.56 Å². The predicted molar refractivity (Wildman–Crippen MR) is 135 cm³/mol. The molecule has 0 bridgehead atoms. The first-order valence-electron chi connectivity index (χ1n) is 12.2. The third-order valence-corrected chi connectivity index (χ3v) is 6.64. The van der Waals surface area contributed by atoms with Crippen LogP contribution in [0.15, 0.2) is 84.9 Å². The molecule has 2 amide bonds. The lowest BCUT2D eigenvalue weighted by molar-refractivity contribution is -0.271. The van der Waals surface area contributed by atoms with E-state index in [0.717, 1.165) is 4.90 Å². The molecule has 3 aromatic carbocycles. The largest absolute Gasteiger partial charge is 0.459 e. The molecule has 3 unspecified atom stereocenters. The Balaban J connectivity index is 1.45. The van der Waals surface area contributed by atoms with Crippen LogP contribution in [0.3, 0.4) is 0 Å². The number of benzene rings is 3. The van der Waals surface area contributed by atoms with Crippen molar-refractivity contribution in [3.8, 4) is 0 Å². The van der Waals surface area contributed by atoms with Crippen LogP contribution in [-0.4, -0.2) is 78.1 Å². The van der Waals surface area contributed by atoms with Gasteiger partial charge in [0.25, 0.3) is 11.8 Å². The van der Waals surface area contributed by atoms with Gasteiger partial charge in [-0.25, -0.2) is 9.59 Å². The Morgan fingerprint density at radius 3 is 1.87 bits per heavy atom. The van der Waals surface area contributed by atoms with Crippen LogP contribution in [0.25, 0.3) is 0 Å². The van der Waals surface area contributed by atoms with Crippen LogP contribution in [0.4, 0.5) is 0 Å². The van der Waals surface area contributed by atoms with Gasteiger partial charge in [0.2, 0.25) is 0 Å². The molecule has 0 saturated carbocycles. The van der Waals surface area contributed by atoms with Gasteiger partial charge in [-0.3, -0.25) is 14.5 Å². The number of carbonyl (C=O) groups is 4. The summed E-state index contributed by atoms with van der Waals surface area (Å²) in [4.78, 5) is 53.1. The van der Waals surface area contributed by atoms with Gasteiger partial charge in [-0.1, -0.05) is 48.5 Å². The minimum atomic E-state index is -1.60. The Bertz CT molecular complexity index is 1340. The summed E-state index contributed by atoms with van der Waals surface area (Å²) in [5.74, 6) is -2.74. The quantitative estimate of drug-likeness (QED) is 0.361. The zero-order chi connectivity index (χ0) is 27.5. The van der Waals surface area contributed by atoms with Gasteiger partial charge < -0.3 is 24.1 Å². The Hall–Kier alpha value is -4.38. The number of rotatable bonds is 7. The van der Waals surface area contributed by atoms with Crippen LogP contribution in [-0.2, 0) is 18.9 Å². The number of aliphatic hydroxyl groups excluding tert-OH is 1. The molecule has 5 rings (SSSR count). The zero-order valence-corrected chi connectivity index (χ0v) is 20.8. The number of ether oxygens (including phenoxy) is 4. The lowest BCUT2D eigenvalue weighted by Gasteiger charge is -2.45. The van der Waals surface area contributed by atoms with Crippen LogP contribution in [0, 0.1) is 0 Å². The Labute approximate surface area is 223 Å². The van der Waals surface area contributed by atoms with Crippen molar-refractivity contribution < 1.29 is 43.2 Å². The molecule has 0 radical (unpaired) electrons. The fourth-order valence-corrected chi connectivity index (χ4v) is 4.70. The summed E-state index contributed by atoms with van der Waals surface area (Å²) in [7, 11) is 1.29. The van der Waals surface area contributed by atoms with Crippen LogP contribution in [0.2, 0.25) is 0 Å². The number of methoxy groups -OCH3 is 1. The molecule has 1 N–H and O–H groups in total. The standard InChI is InChI=1S/C29H25NO9/c1-36-29-22(30-25(32)19-14-8-9-15-20(19)26(30)33)24(39-28(35)18-12-6-3-7-13-18)23(31)21(38-29)16-37-27(34)17-10-4-2-5-11-17/h2-15,21-24,29,31H,16H2,1H3/t21?,22-,23?,24-,29?/m1/s1. The van der Waals surface area contributed by atoms with Gasteiger partial charge in [0.15, 0.2) is 12.4 Å². The topological polar surface area (TPSA) is 129 Å². The minimum absolute atomic E-state index is 0.166. The molecule has 0 aromatic heterocycles. The number of hydrogen-bond donors (Lipinski definition) is 1. The van der Waals surface area contributed by atoms with Crippen molar-refractivity contribution in [3.05, 3.63) is 107 Å². The Kier molecular flexibility index (Phi) is 7.51. The monoisotopic (exact) mass is 531 g/mol. The fourth-order valence-electron chi connectivity index (χ4n) is 4.70. The molecular formula is C29H25NO9. The molecular weight excluding hydrogens is 506 g/mol. The summed E-state index contributed by atoms with van der Waals surface area (Å²) >= 11 is 0. The second-order valence-corrected chi connectivity index (χ2v) is 8.99. The summed E-state index contributed by atoms with van der Waals surface area (Å²) in [6.07, 6.45) is -5.59. The number of nitrogens with zero attached hydrogens (tertiary/aromatic N) is 1. The maximum Gasteiger partial charge on any atom is 0.338 e. The van der Waals surface area contributed by atoms with Crippen molar-refractivity contribution in [2.24, 2.45) is 0 Å². The normalized spacial score (nSPS) is 24.3. The van der Waals surface area contributed by atoms with Crippen molar-refractivity contribution in [1.82, 2.24) is 4.90 Å². The van der Waals surface area contributed by atoms with Gasteiger partial charge in [0.1, 0.15) is 24.9 Å².